The molecular formula is C9H5F3N4O2S. The van der Waals surface area contributed by atoms with E-state index >= 15 is 0 Å². The maximum Gasteiger partial charge on any atom is 0.423 e. The fourth-order valence-corrected chi connectivity index (χ4v) is 2.01. The van der Waals surface area contributed by atoms with Gasteiger partial charge in [0.25, 0.3) is 5.69 Å². The molecule has 1 aromatic heterocycles. The molecular weight excluding hydrogens is 285 g/mol. The molecule has 1 aromatic carbocycles. The van der Waals surface area contributed by atoms with Gasteiger partial charge >= 0.3 is 6.18 Å². The summed E-state index contributed by atoms with van der Waals surface area (Å²) in [7, 11) is 0. The number of aromatic nitrogens is 2. The molecule has 1 heterocycles. The monoisotopic (exact) mass is 290 g/mol. The number of nitrogens with two attached hydrogens (primary N) is 1. The first-order valence-corrected chi connectivity index (χ1v) is 5.55. The van der Waals surface area contributed by atoms with Crippen LogP contribution in [-0.4, -0.2) is 15.1 Å². The number of halogens is 3. The summed E-state index contributed by atoms with van der Waals surface area (Å²) in [6.45, 7) is 0. The number of rotatable bonds is 2. The van der Waals surface area contributed by atoms with Crippen molar-refractivity contribution in [3.8, 4) is 10.6 Å². The van der Waals surface area contributed by atoms with Crippen molar-refractivity contribution in [1.82, 2.24) is 10.2 Å². The SMILES string of the molecule is Nc1nnc(-c2ccc([N+](=O)[O-])c(C(F)(F)F)c2)s1. The third kappa shape index (κ3) is 2.62. The molecule has 2 rings (SSSR count). The average Bonchev–Trinajstić information content (AvgIpc) is 2.74. The van der Waals surface area contributed by atoms with Gasteiger partial charge in [0, 0.05) is 11.6 Å². The predicted molar refractivity (Wildman–Crippen MR) is 61.4 cm³/mol. The van der Waals surface area contributed by atoms with Crippen LogP contribution in [0.5, 0.6) is 0 Å². The number of anilines is 1. The van der Waals surface area contributed by atoms with Crippen molar-refractivity contribution in [2.75, 3.05) is 5.73 Å². The van der Waals surface area contributed by atoms with Gasteiger partial charge in [-0.1, -0.05) is 11.3 Å². The van der Waals surface area contributed by atoms with Gasteiger partial charge in [0.1, 0.15) is 10.6 Å². The molecule has 6 nitrogen and oxygen atoms in total. The molecule has 19 heavy (non-hydrogen) atoms. The zero-order chi connectivity index (χ0) is 14.2. The summed E-state index contributed by atoms with van der Waals surface area (Å²) < 4.78 is 38.2. The van der Waals surface area contributed by atoms with Crippen LogP contribution < -0.4 is 5.73 Å². The van der Waals surface area contributed by atoms with Crippen LogP contribution in [0.2, 0.25) is 0 Å². The molecule has 0 bridgehead atoms. The first-order valence-electron chi connectivity index (χ1n) is 4.74. The minimum absolute atomic E-state index is 0.0760. The van der Waals surface area contributed by atoms with Crippen molar-refractivity contribution >= 4 is 22.2 Å². The quantitative estimate of drug-likeness (QED) is 0.677. The van der Waals surface area contributed by atoms with Crippen LogP contribution in [0.15, 0.2) is 18.2 Å². The molecule has 0 aliphatic carbocycles. The summed E-state index contributed by atoms with van der Waals surface area (Å²) >= 11 is 0.893. The number of hydrogen-bond donors (Lipinski definition) is 1. The molecule has 0 aliphatic rings. The first kappa shape index (κ1) is 13.2. The van der Waals surface area contributed by atoms with E-state index in [0.717, 1.165) is 17.4 Å². The molecule has 2 N–H and O–H groups in total. The second kappa shape index (κ2) is 4.46. The topological polar surface area (TPSA) is 94.9 Å². The summed E-state index contributed by atoms with van der Waals surface area (Å²) in [4.78, 5) is 9.50. The lowest BCUT2D eigenvalue weighted by Gasteiger charge is -2.08. The van der Waals surface area contributed by atoms with Crippen LogP contribution in [0.25, 0.3) is 10.6 Å². The van der Waals surface area contributed by atoms with Gasteiger partial charge in [-0.25, -0.2) is 0 Å². The third-order valence-corrected chi connectivity index (χ3v) is 2.99. The number of nitrogen functional groups attached to an aromatic ring is 1. The van der Waals surface area contributed by atoms with E-state index in [1.807, 2.05) is 0 Å². The van der Waals surface area contributed by atoms with E-state index in [0.29, 0.717) is 6.07 Å². The van der Waals surface area contributed by atoms with Crippen LogP contribution in [0.4, 0.5) is 24.0 Å². The largest absolute Gasteiger partial charge is 0.423 e. The summed E-state index contributed by atoms with van der Waals surface area (Å²) in [6, 6.07) is 2.63. The smallest absolute Gasteiger partial charge is 0.374 e. The molecule has 0 fully saturated rings. The molecule has 10 heteroatoms. The zero-order valence-corrected chi connectivity index (χ0v) is 9.83. The lowest BCUT2D eigenvalue weighted by atomic mass is 10.1. The summed E-state index contributed by atoms with van der Waals surface area (Å²) in [5.41, 5.74) is 3.07. The van der Waals surface area contributed by atoms with Gasteiger partial charge < -0.3 is 5.73 Å². The Kier molecular flexibility index (Phi) is 3.10. The van der Waals surface area contributed by atoms with E-state index in [-0.39, 0.29) is 15.7 Å². The molecule has 0 amide bonds. The van der Waals surface area contributed by atoms with E-state index in [1.165, 1.54) is 6.07 Å². The summed E-state index contributed by atoms with van der Waals surface area (Å²) in [6.07, 6.45) is -4.82. The molecule has 0 radical (unpaired) electrons. The van der Waals surface area contributed by atoms with Crippen LogP contribution in [-0.2, 0) is 6.18 Å². The van der Waals surface area contributed by atoms with Crippen molar-refractivity contribution < 1.29 is 18.1 Å². The van der Waals surface area contributed by atoms with E-state index in [1.54, 1.807) is 0 Å². The van der Waals surface area contributed by atoms with E-state index in [9.17, 15) is 23.3 Å². The Balaban J connectivity index is 2.59. The van der Waals surface area contributed by atoms with Gasteiger partial charge in [0.05, 0.1) is 4.92 Å². The first-order chi connectivity index (χ1) is 8.79. The maximum atomic E-state index is 12.7. The highest BCUT2D eigenvalue weighted by Gasteiger charge is 2.38. The molecule has 0 saturated carbocycles. The van der Waals surface area contributed by atoms with Crippen molar-refractivity contribution in [3.05, 3.63) is 33.9 Å². The minimum atomic E-state index is -4.82. The summed E-state index contributed by atoms with van der Waals surface area (Å²) in [5, 5.41) is 17.9. The Morgan fingerprint density at radius 2 is 2.00 bits per heavy atom. The van der Waals surface area contributed by atoms with Crippen molar-refractivity contribution in [2.45, 2.75) is 6.18 Å². The molecule has 0 atom stereocenters. The van der Waals surface area contributed by atoms with Crippen LogP contribution in [0.3, 0.4) is 0 Å². The van der Waals surface area contributed by atoms with E-state index in [4.69, 9.17) is 5.73 Å². The van der Waals surface area contributed by atoms with Crippen LogP contribution in [0, 0.1) is 10.1 Å². The molecule has 0 unspecified atom stereocenters. The highest BCUT2D eigenvalue weighted by molar-refractivity contribution is 7.18. The standard InChI is InChI=1S/C9H5F3N4O2S/c10-9(11,12)5-3-4(1-2-6(5)16(17)18)7-14-15-8(13)19-7/h1-3H,(H2,13,15). The van der Waals surface area contributed by atoms with E-state index < -0.39 is 22.4 Å². The Hall–Kier alpha value is -2.23. The Labute approximate surface area is 107 Å². The summed E-state index contributed by atoms with van der Waals surface area (Å²) in [5.74, 6) is 0. The fraction of sp³-hybridized carbons (Fsp3) is 0.111. The molecule has 0 aliphatic heterocycles. The second-order valence-electron chi connectivity index (χ2n) is 3.43. The Bertz CT molecular complexity index is 641. The number of hydrogen-bond acceptors (Lipinski definition) is 6. The predicted octanol–water partition coefficient (Wildman–Crippen LogP) is 2.71. The van der Waals surface area contributed by atoms with Gasteiger partial charge in [0.15, 0.2) is 0 Å². The second-order valence-corrected chi connectivity index (χ2v) is 4.44. The van der Waals surface area contributed by atoms with Gasteiger partial charge in [-0.15, -0.1) is 10.2 Å². The number of nitro groups is 1. The van der Waals surface area contributed by atoms with Gasteiger partial charge in [0.2, 0.25) is 5.13 Å². The lowest BCUT2D eigenvalue weighted by molar-refractivity contribution is -0.388. The Morgan fingerprint density at radius 3 is 2.47 bits per heavy atom. The molecule has 0 spiro atoms. The number of nitrogens with zero attached hydrogens (tertiary/aromatic N) is 3. The third-order valence-electron chi connectivity index (χ3n) is 2.19. The van der Waals surface area contributed by atoms with Crippen LogP contribution in [0.1, 0.15) is 5.56 Å². The molecule has 0 saturated heterocycles. The number of nitro benzene ring substituents is 1. The average molecular weight is 290 g/mol. The maximum absolute atomic E-state index is 12.7. The van der Waals surface area contributed by atoms with Crippen molar-refractivity contribution in [3.63, 3.8) is 0 Å². The Morgan fingerprint density at radius 1 is 1.32 bits per heavy atom. The van der Waals surface area contributed by atoms with E-state index in [2.05, 4.69) is 10.2 Å². The van der Waals surface area contributed by atoms with Gasteiger partial charge in [-0.2, -0.15) is 13.2 Å². The van der Waals surface area contributed by atoms with Crippen molar-refractivity contribution in [2.24, 2.45) is 0 Å². The normalized spacial score (nSPS) is 11.5. The zero-order valence-electron chi connectivity index (χ0n) is 9.01. The van der Waals surface area contributed by atoms with Crippen molar-refractivity contribution in [1.29, 1.82) is 0 Å². The number of alkyl halides is 3. The molecule has 100 valence electrons. The fourth-order valence-electron chi connectivity index (χ4n) is 1.41. The minimum Gasteiger partial charge on any atom is -0.374 e. The lowest BCUT2D eigenvalue weighted by Crippen LogP contribution is -2.09. The van der Waals surface area contributed by atoms with Gasteiger partial charge in [-0.05, 0) is 12.1 Å². The molecule has 2 aromatic rings. The number of benzene rings is 1. The highest BCUT2D eigenvalue weighted by Crippen LogP contribution is 2.39. The highest BCUT2D eigenvalue weighted by atomic mass is 32.1. The van der Waals surface area contributed by atoms with Crippen LogP contribution >= 0.6 is 11.3 Å². The van der Waals surface area contributed by atoms with Gasteiger partial charge in [-0.3, -0.25) is 10.1 Å².